The molecule has 1 aromatic heterocycles. The predicted molar refractivity (Wildman–Crippen MR) is 77.9 cm³/mol. The predicted octanol–water partition coefficient (Wildman–Crippen LogP) is 2.85. The van der Waals surface area contributed by atoms with E-state index >= 15 is 0 Å². The van der Waals surface area contributed by atoms with Gasteiger partial charge in [-0.3, -0.25) is 0 Å². The van der Waals surface area contributed by atoms with Gasteiger partial charge in [0.25, 0.3) is 0 Å². The third-order valence-electron chi connectivity index (χ3n) is 3.62. The summed E-state index contributed by atoms with van der Waals surface area (Å²) < 4.78 is 13.4. The molecule has 0 radical (unpaired) electrons. The van der Waals surface area contributed by atoms with Gasteiger partial charge in [-0.1, -0.05) is 31.2 Å². The lowest BCUT2D eigenvalue weighted by atomic mass is 10.1. The van der Waals surface area contributed by atoms with Crippen molar-refractivity contribution in [3.8, 4) is 0 Å². The number of hydrogen-bond acceptors (Lipinski definition) is 3. The minimum Gasteiger partial charge on any atom is -0.348 e. The van der Waals surface area contributed by atoms with Crippen molar-refractivity contribution in [3.63, 3.8) is 0 Å². The Bertz CT molecular complexity index is 587. The Morgan fingerprint density at radius 2 is 1.95 bits per heavy atom. The summed E-state index contributed by atoms with van der Waals surface area (Å²) in [6.07, 6.45) is 1.30. The molecule has 1 aromatic carbocycles. The number of aromatic nitrogens is 1. The lowest BCUT2D eigenvalue weighted by Gasteiger charge is -2.20. The fraction of sp³-hybridized carbons (Fsp3) is 0.312. The minimum absolute atomic E-state index is 0.279. The first-order chi connectivity index (χ1) is 9.78. The maximum atomic E-state index is 13.4. The summed E-state index contributed by atoms with van der Waals surface area (Å²) in [6, 6.07) is 9.97. The van der Waals surface area contributed by atoms with Gasteiger partial charge in [-0.15, -0.1) is 0 Å². The molecule has 0 unspecified atom stereocenters. The van der Waals surface area contributed by atoms with Crippen molar-refractivity contribution in [1.82, 2.24) is 10.3 Å². The zero-order valence-electron chi connectivity index (χ0n) is 11.6. The third kappa shape index (κ3) is 2.51. The van der Waals surface area contributed by atoms with Crippen LogP contribution in [0.2, 0.25) is 0 Å². The molecule has 3 nitrogen and oxygen atoms in total. The van der Waals surface area contributed by atoms with Crippen molar-refractivity contribution in [2.45, 2.75) is 26.6 Å². The summed E-state index contributed by atoms with van der Waals surface area (Å²) in [5.74, 6) is 0.599. The molecule has 4 heteroatoms. The summed E-state index contributed by atoms with van der Waals surface area (Å²) in [5, 5.41) is 3.24. The normalized spacial score (nSPS) is 13.6. The Balaban J connectivity index is 1.88. The molecule has 0 atom stereocenters. The van der Waals surface area contributed by atoms with Crippen molar-refractivity contribution in [2.24, 2.45) is 0 Å². The average molecular weight is 271 g/mol. The number of hydrogen-bond donors (Lipinski definition) is 1. The molecule has 0 amide bonds. The van der Waals surface area contributed by atoms with Crippen LogP contribution < -0.4 is 10.2 Å². The van der Waals surface area contributed by atoms with E-state index in [0.29, 0.717) is 6.54 Å². The number of pyridine rings is 1. The van der Waals surface area contributed by atoms with E-state index in [1.54, 1.807) is 6.07 Å². The van der Waals surface area contributed by atoms with Gasteiger partial charge in [0.05, 0.1) is 6.20 Å². The van der Waals surface area contributed by atoms with Crippen molar-refractivity contribution < 1.29 is 4.39 Å². The molecule has 0 fully saturated rings. The van der Waals surface area contributed by atoms with Crippen molar-refractivity contribution >= 4 is 5.82 Å². The standard InChI is InChI=1S/C16H18FN3/c1-2-18-8-14-7-15(17)9-19-16(14)20-10-12-5-3-4-6-13(12)11-20/h3-7,9,18H,2,8,10-11H2,1H3. The Morgan fingerprint density at radius 3 is 2.60 bits per heavy atom. The summed E-state index contributed by atoms with van der Waals surface area (Å²) in [7, 11) is 0. The van der Waals surface area contributed by atoms with Crippen molar-refractivity contribution in [1.29, 1.82) is 0 Å². The van der Waals surface area contributed by atoms with E-state index in [4.69, 9.17) is 0 Å². The quantitative estimate of drug-likeness (QED) is 0.927. The molecular weight excluding hydrogens is 253 g/mol. The van der Waals surface area contributed by atoms with Crippen LogP contribution in [0.4, 0.5) is 10.2 Å². The lowest BCUT2D eigenvalue weighted by molar-refractivity contribution is 0.612. The Labute approximate surface area is 118 Å². The van der Waals surface area contributed by atoms with Gasteiger partial charge in [-0.25, -0.2) is 9.37 Å². The molecule has 0 saturated carbocycles. The monoisotopic (exact) mass is 271 g/mol. The highest BCUT2D eigenvalue weighted by molar-refractivity contribution is 5.52. The number of benzene rings is 1. The van der Waals surface area contributed by atoms with E-state index in [0.717, 1.165) is 31.0 Å². The van der Waals surface area contributed by atoms with Gasteiger partial charge in [0, 0.05) is 25.2 Å². The first kappa shape index (κ1) is 13.1. The average Bonchev–Trinajstić information content (AvgIpc) is 2.88. The van der Waals surface area contributed by atoms with Crippen LogP contribution in [0.25, 0.3) is 0 Å². The maximum absolute atomic E-state index is 13.4. The van der Waals surface area contributed by atoms with Gasteiger partial charge in [0.2, 0.25) is 0 Å². The zero-order chi connectivity index (χ0) is 13.9. The molecule has 1 aliphatic rings. The Morgan fingerprint density at radius 1 is 1.25 bits per heavy atom. The number of nitrogens with zero attached hydrogens (tertiary/aromatic N) is 2. The maximum Gasteiger partial charge on any atom is 0.141 e. The van der Waals surface area contributed by atoms with Crippen LogP contribution in [0, 0.1) is 5.82 Å². The third-order valence-corrected chi connectivity index (χ3v) is 3.62. The van der Waals surface area contributed by atoms with Crippen LogP contribution in [0.5, 0.6) is 0 Å². The van der Waals surface area contributed by atoms with E-state index in [1.165, 1.54) is 17.3 Å². The molecular formula is C16H18FN3. The van der Waals surface area contributed by atoms with Crippen LogP contribution in [-0.2, 0) is 19.6 Å². The highest BCUT2D eigenvalue weighted by Crippen LogP contribution is 2.29. The van der Waals surface area contributed by atoms with E-state index in [9.17, 15) is 4.39 Å². The van der Waals surface area contributed by atoms with Crippen LogP contribution in [-0.4, -0.2) is 11.5 Å². The molecule has 2 heterocycles. The molecule has 2 aromatic rings. The van der Waals surface area contributed by atoms with Crippen LogP contribution in [0.1, 0.15) is 23.6 Å². The summed E-state index contributed by atoms with van der Waals surface area (Å²) in [4.78, 5) is 6.51. The fourth-order valence-electron chi connectivity index (χ4n) is 2.63. The molecule has 0 bridgehead atoms. The van der Waals surface area contributed by atoms with Gasteiger partial charge in [0.15, 0.2) is 0 Å². The van der Waals surface area contributed by atoms with Gasteiger partial charge >= 0.3 is 0 Å². The molecule has 0 saturated heterocycles. The molecule has 20 heavy (non-hydrogen) atoms. The smallest absolute Gasteiger partial charge is 0.141 e. The highest BCUT2D eigenvalue weighted by Gasteiger charge is 2.21. The molecule has 104 valence electrons. The number of anilines is 1. The van der Waals surface area contributed by atoms with Crippen LogP contribution in [0.15, 0.2) is 36.5 Å². The van der Waals surface area contributed by atoms with Gasteiger partial charge in [-0.05, 0) is 23.7 Å². The highest BCUT2D eigenvalue weighted by atomic mass is 19.1. The second kappa shape index (κ2) is 5.59. The minimum atomic E-state index is -0.279. The largest absolute Gasteiger partial charge is 0.348 e. The summed E-state index contributed by atoms with van der Waals surface area (Å²) in [6.45, 7) is 5.22. The molecule has 1 aliphatic heterocycles. The number of rotatable bonds is 4. The zero-order valence-corrected chi connectivity index (χ0v) is 11.6. The van der Waals surface area contributed by atoms with Crippen molar-refractivity contribution in [3.05, 3.63) is 59.0 Å². The van der Waals surface area contributed by atoms with Gasteiger partial charge in [0.1, 0.15) is 11.6 Å². The van der Waals surface area contributed by atoms with Crippen molar-refractivity contribution in [2.75, 3.05) is 11.4 Å². The van der Waals surface area contributed by atoms with Gasteiger partial charge in [-0.2, -0.15) is 0 Å². The first-order valence-electron chi connectivity index (χ1n) is 6.95. The summed E-state index contributed by atoms with van der Waals surface area (Å²) in [5.41, 5.74) is 3.57. The number of fused-ring (bicyclic) bond motifs is 1. The van der Waals surface area contributed by atoms with Crippen LogP contribution in [0.3, 0.4) is 0 Å². The fourth-order valence-corrected chi connectivity index (χ4v) is 2.63. The Kier molecular flexibility index (Phi) is 3.65. The molecule has 0 spiro atoms. The van der Waals surface area contributed by atoms with E-state index in [1.807, 2.05) is 6.92 Å². The molecule has 1 N–H and O–H groups in total. The SMILES string of the molecule is CCNCc1cc(F)cnc1N1Cc2ccccc2C1. The number of halogens is 1. The summed E-state index contributed by atoms with van der Waals surface area (Å²) >= 11 is 0. The second-order valence-corrected chi connectivity index (χ2v) is 5.04. The topological polar surface area (TPSA) is 28.2 Å². The molecule has 3 rings (SSSR count). The van der Waals surface area contributed by atoms with E-state index < -0.39 is 0 Å². The van der Waals surface area contributed by atoms with E-state index in [2.05, 4.69) is 39.5 Å². The molecule has 0 aliphatic carbocycles. The van der Waals surface area contributed by atoms with E-state index in [-0.39, 0.29) is 5.82 Å². The number of nitrogens with one attached hydrogen (secondary N) is 1. The first-order valence-corrected chi connectivity index (χ1v) is 6.95. The van der Waals surface area contributed by atoms with Crippen LogP contribution >= 0.6 is 0 Å². The Hall–Kier alpha value is -1.94. The van der Waals surface area contributed by atoms with Gasteiger partial charge < -0.3 is 10.2 Å². The lowest BCUT2D eigenvalue weighted by Crippen LogP contribution is -2.21. The second-order valence-electron chi connectivity index (χ2n) is 5.04.